The van der Waals surface area contributed by atoms with Gasteiger partial charge in [-0.25, -0.2) is 0 Å². The van der Waals surface area contributed by atoms with Crippen molar-refractivity contribution in [2.24, 2.45) is 5.41 Å². The maximum atomic E-state index is 9.12. The van der Waals surface area contributed by atoms with Crippen molar-refractivity contribution in [2.75, 3.05) is 19.8 Å². The van der Waals surface area contributed by atoms with E-state index in [1.54, 1.807) is 0 Å². The van der Waals surface area contributed by atoms with E-state index >= 15 is 0 Å². The Morgan fingerprint density at radius 2 is 1.79 bits per heavy atom. The van der Waals surface area contributed by atoms with Gasteiger partial charge >= 0.3 is 8.60 Å². The second kappa shape index (κ2) is 7.51. The van der Waals surface area contributed by atoms with Crippen molar-refractivity contribution in [3.63, 3.8) is 0 Å². The summed E-state index contributed by atoms with van der Waals surface area (Å²) in [6, 6.07) is 0. The Morgan fingerprint density at radius 3 is 2.14 bits per heavy atom. The molecule has 0 saturated heterocycles. The SMILES string of the molecule is CCCCC(CO)(CO)COP(O)O. The van der Waals surface area contributed by atoms with Crippen molar-refractivity contribution in [1.82, 2.24) is 0 Å². The van der Waals surface area contributed by atoms with E-state index in [4.69, 9.17) is 20.0 Å². The van der Waals surface area contributed by atoms with Crippen molar-refractivity contribution in [2.45, 2.75) is 26.2 Å². The molecule has 0 spiro atoms. The molecule has 6 heteroatoms. The zero-order valence-electron chi connectivity index (χ0n) is 8.39. The van der Waals surface area contributed by atoms with E-state index in [2.05, 4.69) is 4.52 Å². The Hall–Kier alpha value is 0.230. The molecular weight excluding hydrogens is 207 g/mol. The molecule has 0 aliphatic heterocycles. The molecule has 0 unspecified atom stereocenters. The molecule has 0 aromatic rings. The Balaban J connectivity index is 4.07. The molecule has 4 N–H and O–H groups in total. The first-order chi connectivity index (χ1) is 6.60. The van der Waals surface area contributed by atoms with Crippen LogP contribution in [-0.2, 0) is 4.52 Å². The zero-order chi connectivity index (χ0) is 11.0. The largest absolute Gasteiger partial charge is 0.396 e. The van der Waals surface area contributed by atoms with Crippen LogP contribution >= 0.6 is 8.60 Å². The molecule has 0 radical (unpaired) electrons. The summed E-state index contributed by atoms with van der Waals surface area (Å²) in [7, 11) is -2.41. The number of unbranched alkanes of at least 4 members (excludes halogenated alkanes) is 1. The van der Waals surface area contributed by atoms with Gasteiger partial charge in [0.15, 0.2) is 0 Å². The summed E-state index contributed by atoms with van der Waals surface area (Å²) < 4.78 is 4.64. The Labute approximate surface area is 85.3 Å². The molecule has 0 saturated carbocycles. The van der Waals surface area contributed by atoms with E-state index in [1.165, 1.54) is 0 Å². The van der Waals surface area contributed by atoms with Crippen molar-refractivity contribution < 1.29 is 24.5 Å². The van der Waals surface area contributed by atoms with Gasteiger partial charge in [0, 0.05) is 5.41 Å². The van der Waals surface area contributed by atoms with Gasteiger partial charge in [-0.3, -0.25) is 0 Å². The third-order valence-corrected chi connectivity index (χ3v) is 2.58. The van der Waals surface area contributed by atoms with E-state index < -0.39 is 14.0 Å². The Morgan fingerprint density at radius 1 is 1.21 bits per heavy atom. The van der Waals surface area contributed by atoms with Gasteiger partial charge in [0.25, 0.3) is 0 Å². The molecular formula is C8H19O5P. The molecule has 14 heavy (non-hydrogen) atoms. The van der Waals surface area contributed by atoms with Gasteiger partial charge < -0.3 is 24.5 Å². The first-order valence-corrected chi connectivity index (χ1v) is 5.79. The molecule has 86 valence electrons. The van der Waals surface area contributed by atoms with Crippen molar-refractivity contribution in [3.05, 3.63) is 0 Å². The van der Waals surface area contributed by atoms with E-state index in [1.807, 2.05) is 6.92 Å². The molecule has 0 fully saturated rings. The summed E-state index contributed by atoms with van der Waals surface area (Å²) in [5.74, 6) is 0. The smallest absolute Gasteiger partial charge is 0.327 e. The van der Waals surface area contributed by atoms with Gasteiger partial charge in [-0.05, 0) is 6.42 Å². The normalized spacial score (nSPS) is 12.4. The molecule has 0 rings (SSSR count). The predicted octanol–water partition coefficient (Wildman–Crippen LogP) is 0.376. The van der Waals surface area contributed by atoms with Gasteiger partial charge in [0.2, 0.25) is 0 Å². The highest BCUT2D eigenvalue weighted by Gasteiger charge is 2.29. The lowest BCUT2D eigenvalue weighted by Gasteiger charge is -2.29. The lowest BCUT2D eigenvalue weighted by Crippen LogP contribution is -2.34. The van der Waals surface area contributed by atoms with Gasteiger partial charge in [-0.1, -0.05) is 19.8 Å². The first kappa shape index (κ1) is 14.2. The second-order valence-electron chi connectivity index (χ2n) is 3.45. The number of hydrogen-bond donors (Lipinski definition) is 4. The van der Waals surface area contributed by atoms with Gasteiger partial charge in [0.1, 0.15) is 0 Å². The standard InChI is InChI=1S/C8H19O5P/c1-2-3-4-8(5-9,6-10)7-13-14(11)12/h9-12H,2-7H2,1H3. The number of hydrogen-bond acceptors (Lipinski definition) is 5. The summed E-state index contributed by atoms with van der Waals surface area (Å²) >= 11 is 0. The fourth-order valence-corrected chi connectivity index (χ4v) is 1.51. The summed E-state index contributed by atoms with van der Waals surface area (Å²) in [6.45, 7) is 1.55. The molecule has 0 atom stereocenters. The summed E-state index contributed by atoms with van der Waals surface area (Å²) in [5, 5.41) is 18.2. The first-order valence-electron chi connectivity index (χ1n) is 4.63. The summed E-state index contributed by atoms with van der Waals surface area (Å²) in [4.78, 5) is 17.1. The molecule has 0 aromatic carbocycles. The summed E-state index contributed by atoms with van der Waals surface area (Å²) in [6.07, 6.45) is 2.42. The maximum Gasteiger partial charge on any atom is 0.327 e. The lowest BCUT2D eigenvalue weighted by atomic mass is 9.85. The molecule has 0 aliphatic carbocycles. The topological polar surface area (TPSA) is 90.2 Å². The van der Waals surface area contributed by atoms with Crippen LogP contribution in [0.25, 0.3) is 0 Å². The highest BCUT2D eigenvalue weighted by Crippen LogP contribution is 2.32. The minimum Gasteiger partial charge on any atom is -0.396 e. The molecule has 0 amide bonds. The van der Waals surface area contributed by atoms with E-state index in [-0.39, 0.29) is 19.8 Å². The quantitative estimate of drug-likeness (QED) is 0.449. The van der Waals surface area contributed by atoms with Crippen LogP contribution in [0.1, 0.15) is 26.2 Å². The molecule has 0 aromatic heterocycles. The third-order valence-electron chi connectivity index (χ3n) is 2.22. The third kappa shape index (κ3) is 5.20. The average molecular weight is 226 g/mol. The average Bonchev–Trinajstić information content (AvgIpc) is 2.19. The minimum absolute atomic E-state index is 0.0291. The van der Waals surface area contributed by atoms with E-state index in [0.29, 0.717) is 6.42 Å². The van der Waals surface area contributed by atoms with Gasteiger partial charge in [0.05, 0.1) is 19.8 Å². The molecule has 0 bridgehead atoms. The predicted molar refractivity (Wildman–Crippen MR) is 53.4 cm³/mol. The van der Waals surface area contributed by atoms with Crippen molar-refractivity contribution >= 4 is 8.60 Å². The fraction of sp³-hybridized carbons (Fsp3) is 1.00. The maximum absolute atomic E-state index is 9.12. The zero-order valence-corrected chi connectivity index (χ0v) is 9.28. The molecule has 0 aliphatic rings. The highest BCUT2D eigenvalue weighted by atomic mass is 31.2. The second-order valence-corrected chi connectivity index (χ2v) is 4.21. The van der Waals surface area contributed by atoms with E-state index in [9.17, 15) is 0 Å². The van der Waals surface area contributed by atoms with Gasteiger partial charge in [-0.2, -0.15) is 0 Å². The van der Waals surface area contributed by atoms with Gasteiger partial charge in [-0.15, -0.1) is 0 Å². The number of aliphatic hydroxyl groups is 2. The van der Waals surface area contributed by atoms with Crippen LogP contribution in [0, 0.1) is 5.41 Å². The van der Waals surface area contributed by atoms with Crippen LogP contribution in [0.2, 0.25) is 0 Å². The molecule has 0 heterocycles. The Bertz CT molecular complexity index is 138. The monoisotopic (exact) mass is 226 g/mol. The Kier molecular flexibility index (Phi) is 7.64. The van der Waals surface area contributed by atoms with Crippen LogP contribution in [0.3, 0.4) is 0 Å². The molecule has 5 nitrogen and oxygen atoms in total. The van der Waals surface area contributed by atoms with Crippen LogP contribution in [0.4, 0.5) is 0 Å². The van der Waals surface area contributed by atoms with Crippen molar-refractivity contribution in [3.8, 4) is 0 Å². The summed E-state index contributed by atoms with van der Waals surface area (Å²) in [5.41, 5.74) is -0.748. The minimum atomic E-state index is -2.41. The number of aliphatic hydroxyl groups excluding tert-OH is 2. The lowest BCUT2D eigenvalue weighted by molar-refractivity contribution is 0.00317. The number of rotatable bonds is 8. The van der Waals surface area contributed by atoms with E-state index in [0.717, 1.165) is 12.8 Å². The van der Waals surface area contributed by atoms with Crippen molar-refractivity contribution in [1.29, 1.82) is 0 Å². The van der Waals surface area contributed by atoms with Crippen LogP contribution in [0.5, 0.6) is 0 Å². The van der Waals surface area contributed by atoms with Crippen LogP contribution in [0.15, 0.2) is 0 Å². The van der Waals surface area contributed by atoms with Crippen LogP contribution in [-0.4, -0.2) is 39.8 Å². The van der Waals surface area contributed by atoms with Crippen LogP contribution < -0.4 is 0 Å². The fourth-order valence-electron chi connectivity index (χ4n) is 1.12. The highest BCUT2D eigenvalue weighted by molar-refractivity contribution is 7.39.